The van der Waals surface area contributed by atoms with Crippen LogP contribution in [0.2, 0.25) is 0 Å². The van der Waals surface area contributed by atoms with E-state index in [4.69, 9.17) is 9.15 Å². The molecule has 1 amide bonds. The van der Waals surface area contributed by atoms with E-state index in [0.717, 1.165) is 44.4 Å². The second-order valence-corrected chi connectivity index (χ2v) is 9.23. The number of carbonyl (C=O) groups excluding carboxylic acids is 1. The fraction of sp³-hybridized carbons (Fsp3) is 0.233. The third kappa shape index (κ3) is 5.11. The third-order valence-corrected chi connectivity index (χ3v) is 6.46. The average molecular weight is 499 g/mol. The van der Waals surface area contributed by atoms with Crippen LogP contribution >= 0.6 is 0 Å². The molecule has 37 heavy (non-hydrogen) atoms. The van der Waals surface area contributed by atoms with Gasteiger partial charge in [0.05, 0.1) is 17.8 Å². The molecule has 0 unspecified atom stereocenters. The van der Waals surface area contributed by atoms with E-state index in [2.05, 4.69) is 37.4 Å². The Kier molecular flexibility index (Phi) is 7.16. The molecule has 0 aliphatic heterocycles. The molecule has 4 aromatic rings. The highest BCUT2D eigenvalue weighted by atomic mass is 16.6. The Morgan fingerprint density at radius 3 is 2.46 bits per heavy atom. The van der Waals surface area contributed by atoms with Crippen LogP contribution in [0.4, 0.5) is 11.4 Å². The van der Waals surface area contributed by atoms with Gasteiger partial charge in [0.1, 0.15) is 11.3 Å². The average Bonchev–Trinajstić information content (AvgIpc) is 3.26. The zero-order valence-electron chi connectivity index (χ0n) is 21.9. The number of hydrogen-bond donors (Lipinski definition) is 1. The van der Waals surface area contributed by atoms with Gasteiger partial charge in [-0.1, -0.05) is 23.8 Å². The topological polar surface area (TPSA) is 94.6 Å². The normalized spacial score (nSPS) is 11.6. The van der Waals surface area contributed by atoms with Crippen molar-refractivity contribution in [2.24, 2.45) is 0 Å². The van der Waals surface area contributed by atoms with Gasteiger partial charge in [-0.3, -0.25) is 14.9 Å². The van der Waals surface area contributed by atoms with Crippen LogP contribution < -0.4 is 10.1 Å². The van der Waals surface area contributed by atoms with E-state index in [-0.39, 0.29) is 11.6 Å². The zero-order chi connectivity index (χ0) is 26.9. The van der Waals surface area contributed by atoms with Crippen molar-refractivity contribution in [3.63, 3.8) is 0 Å². The first kappa shape index (κ1) is 25.7. The Hall–Kier alpha value is -4.39. The van der Waals surface area contributed by atoms with Gasteiger partial charge >= 0.3 is 0 Å². The van der Waals surface area contributed by atoms with Gasteiger partial charge in [-0.25, -0.2) is 0 Å². The predicted molar refractivity (Wildman–Crippen MR) is 147 cm³/mol. The lowest BCUT2D eigenvalue weighted by Gasteiger charge is -2.15. The quantitative estimate of drug-likeness (QED) is 0.160. The number of furan rings is 1. The molecule has 1 N–H and O–H groups in total. The number of rotatable bonds is 7. The number of benzene rings is 3. The van der Waals surface area contributed by atoms with Crippen molar-refractivity contribution in [3.05, 3.63) is 92.7 Å². The molecule has 7 nitrogen and oxygen atoms in total. The molecule has 0 aliphatic rings. The molecule has 1 aromatic heterocycles. The minimum atomic E-state index is -0.460. The summed E-state index contributed by atoms with van der Waals surface area (Å²) in [6.07, 6.45) is 3.29. The van der Waals surface area contributed by atoms with E-state index in [1.165, 1.54) is 29.8 Å². The van der Waals surface area contributed by atoms with Gasteiger partial charge in [0.25, 0.3) is 5.69 Å². The number of aryl methyl sites for hydroxylation is 4. The second kappa shape index (κ2) is 10.3. The van der Waals surface area contributed by atoms with Crippen LogP contribution in [0, 0.1) is 37.8 Å². The number of non-ortho nitro benzene ring substituents is 1. The lowest BCUT2D eigenvalue weighted by atomic mass is 9.94. The number of hydrogen-bond acceptors (Lipinski definition) is 5. The lowest BCUT2D eigenvalue weighted by molar-refractivity contribution is -0.384. The number of ether oxygens (including phenoxy) is 1. The van der Waals surface area contributed by atoms with Gasteiger partial charge in [0.2, 0.25) is 5.91 Å². The number of nitrogens with zero attached hydrogens (tertiary/aromatic N) is 1. The smallest absolute Gasteiger partial charge is 0.269 e. The number of fused-ring (bicyclic) bond motifs is 1. The van der Waals surface area contributed by atoms with E-state index in [0.29, 0.717) is 23.6 Å². The molecule has 0 radical (unpaired) electrons. The number of allylic oxidation sites excluding steroid dienone is 1. The standard InChI is InChI=1S/C30H30N2O5/c1-7-36-29-21(6)30-25(26(16-37-30)23-10-8-17(2)12-18(23)3)15-24(29)19(4)14-28(33)31-27-11-9-22(32(34)35)13-20(27)5/h8-16H,7H2,1-6H3,(H,31,33)/b19-14+. The van der Waals surface area contributed by atoms with Crippen molar-refractivity contribution in [3.8, 4) is 16.9 Å². The van der Waals surface area contributed by atoms with Gasteiger partial charge in [0.15, 0.2) is 0 Å². The summed E-state index contributed by atoms with van der Waals surface area (Å²) in [7, 11) is 0. The first-order valence-electron chi connectivity index (χ1n) is 12.1. The second-order valence-electron chi connectivity index (χ2n) is 9.23. The molecular weight excluding hydrogens is 468 g/mol. The maximum atomic E-state index is 12.9. The Morgan fingerprint density at radius 1 is 1.05 bits per heavy atom. The summed E-state index contributed by atoms with van der Waals surface area (Å²) in [5, 5.41) is 14.8. The summed E-state index contributed by atoms with van der Waals surface area (Å²) in [6.45, 7) is 12.1. The highest BCUT2D eigenvalue weighted by Crippen LogP contribution is 2.41. The summed E-state index contributed by atoms with van der Waals surface area (Å²) in [6, 6.07) is 12.7. The number of nitro groups is 1. The monoisotopic (exact) mass is 498 g/mol. The predicted octanol–water partition coefficient (Wildman–Crippen LogP) is 7.68. The van der Waals surface area contributed by atoms with E-state index < -0.39 is 4.92 Å². The summed E-state index contributed by atoms with van der Waals surface area (Å²) >= 11 is 0. The van der Waals surface area contributed by atoms with Crippen LogP contribution in [-0.4, -0.2) is 17.4 Å². The number of amides is 1. The number of carbonyl (C=O) groups is 1. The Morgan fingerprint density at radius 2 is 1.81 bits per heavy atom. The number of nitro benzene ring substituents is 1. The first-order chi connectivity index (χ1) is 17.6. The van der Waals surface area contributed by atoms with Gasteiger partial charge in [-0.2, -0.15) is 0 Å². The van der Waals surface area contributed by atoms with Gasteiger partial charge < -0.3 is 14.5 Å². The van der Waals surface area contributed by atoms with E-state index in [9.17, 15) is 14.9 Å². The highest BCUT2D eigenvalue weighted by Gasteiger charge is 2.20. The molecule has 0 saturated heterocycles. The van der Waals surface area contributed by atoms with Crippen molar-refractivity contribution in [1.82, 2.24) is 0 Å². The summed E-state index contributed by atoms with van der Waals surface area (Å²) in [5.74, 6) is 0.334. The van der Waals surface area contributed by atoms with Crippen LogP contribution in [0.3, 0.4) is 0 Å². The minimum Gasteiger partial charge on any atom is -0.493 e. The molecule has 0 atom stereocenters. The molecule has 0 spiro atoms. The number of anilines is 1. The fourth-order valence-corrected chi connectivity index (χ4v) is 4.61. The molecule has 0 fully saturated rings. The lowest BCUT2D eigenvalue weighted by Crippen LogP contribution is -2.10. The van der Waals surface area contributed by atoms with Crippen molar-refractivity contribution in [1.29, 1.82) is 0 Å². The Labute approximate surface area is 215 Å². The van der Waals surface area contributed by atoms with E-state index >= 15 is 0 Å². The third-order valence-electron chi connectivity index (χ3n) is 6.46. The maximum Gasteiger partial charge on any atom is 0.269 e. The highest BCUT2D eigenvalue weighted by molar-refractivity contribution is 6.06. The largest absolute Gasteiger partial charge is 0.493 e. The fourth-order valence-electron chi connectivity index (χ4n) is 4.61. The summed E-state index contributed by atoms with van der Waals surface area (Å²) in [4.78, 5) is 23.5. The zero-order valence-corrected chi connectivity index (χ0v) is 21.9. The Bertz CT molecular complexity index is 1560. The van der Waals surface area contributed by atoms with Crippen LogP contribution in [0.1, 0.15) is 41.7 Å². The molecule has 4 rings (SSSR count). The van der Waals surface area contributed by atoms with Crippen molar-refractivity contribution < 1.29 is 18.9 Å². The number of nitrogens with one attached hydrogen (secondary N) is 1. The van der Waals surface area contributed by atoms with Crippen molar-refractivity contribution >= 4 is 33.8 Å². The summed E-state index contributed by atoms with van der Waals surface area (Å²) < 4.78 is 12.0. The van der Waals surface area contributed by atoms with Crippen LogP contribution in [0.25, 0.3) is 27.7 Å². The summed E-state index contributed by atoms with van der Waals surface area (Å²) in [5.41, 5.74) is 8.66. The molecule has 1 heterocycles. The van der Waals surface area contributed by atoms with E-state index in [1.807, 2.05) is 26.8 Å². The molecule has 7 heteroatoms. The SMILES string of the molecule is CCOc1c(/C(C)=C/C(=O)Nc2ccc([N+](=O)[O-])cc2C)cc2c(-c3ccc(C)cc3C)coc2c1C. The molecule has 3 aromatic carbocycles. The van der Waals surface area contributed by atoms with Gasteiger partial charge in [-0.15, -0.1) is 0 Å². The maximum absolute atomic E-state index is 12.9. The van der Waals surface area contributed by atoms with Crippen LogP contribution in [-0.2, 0) is 4.79 Å². The van der Waals surface area contributed by atoms with Crippen molar-refractivity contribution in [2.75, 3.05) is 11.9 Å². The van der Waals surface area contributed by atoms with E-state index in [1.54, 1.807) is 13.2 Å². The Balaban J connectivity index is 1.76. The molecule has 0 saturated carbocycles. The molecule has 0 bridgehead atoms. The molecular formula is C30H30N2O5. The first-order valence-corrected chi connectivity index (χ1v) is 12.1. The van der Waals surface area contributed by atoms with Gasteiger partial charge in [-0.05, 0) is 75.9 Å². The molecule has 190 valence electrons. The minimum absolute atomic E-state index is 0.0212. The molecule has 0 aliphatic carbocycles. The van der Waals surface area contributed by atoms with Crippen molar-refractivity contribution in [2.45, 2.75) is 41.5 Å². The van der Waals surface area contributed by atoms with Crippen LogP contribution in [0.15, 0.2) is 59.2 Å². The van der Waals surface area contributed by atoms with Gasteiger partial charge in [0, 0.05) is 46.0 Å². The van der Waals surface area contributed by atoms with Crippen LogP contribution in [0.5, 0.6) is 5.75 Å².